The number of methoxy groups -OCH3 is 1. The van der Waals surface area contributed by atoms with E-state index in [4.69, 9.17) is 4.74 Å². The summed E-state index contributed by atoms with van der Waals surface area (Å²) in [6.07, 6.45) is 0.469. The van der Waals surface area contributed by atoms with E-state index in [0.29, 0.717) is 12.0 Å². The van der Waals surface area contributed by atoms with Crippen molar-refractivity contribution in [3.05, 3.63) is 59.2 Å². The Labute approximate surface area is 174 Å². The Kier molecular flexibility index (Phi) is 8.70. The number of amides is 1. The van der Waals surface area contributed by atoms with Crippen molar-refractivity contribution in [3.8, 4) is 5.75 Å². The molecule has 30 heavy (non-hydrogen) atoms. The third kappa shape index (κ3) is 7.05. The maximum absolute atomic E-state index is 12.5. The monoisotopic (exact) mass is 442 g/mol. The minimum absolute atomic E-state index is 0.0102. The number of halogens is 2. The molecule has 0 unspecified atom stereocenters. The van der Waals surface area contributed by atoms with E-state index >= 15 is 0 Å². The van der Waals surface area contributed by atoms with E-state index in [-0.39, 0.29) is 35.9 Å². The van der Waals surface area contributed by atoms with Gasteiger partial charge in [-0.2, -0.15) is 8.78 Å². The average Bonchev–Trinajstić information content (AvgIpc) is 2.69. The van der Waals surface area contributed by atoms with E-state index in [1.54, 1.807) is 25.1 Å². The first kappa shape index (κ1) is 23.7. The minimum Gasteiger partial charge on any atom is -0.435 e. The van der Waals surface area contributed by atoms with Gasteiger partial charge in [-0.05, 0) is 48.7 Å². The molecule has 2 rings (SSSR count). The van der Waals surface area contributed by atoms with Gasteiger partial charge in [0.2, 0.25) is 10.0 Å². The number of sulfonamides is 1. The topological polar surface area (TPSA) is 93.7 Å². The predicted molar refractivity (Wildman–Crippen MR) is 107 cm³/mol. The van der Waals surface area contributed by atoms with Crippen molar-refractivity contribution in [3.63, 3.8) is 0 Å². The Bertz CT molecular complexity index is 950. The molecule has 0 saturated carbocycles. The first-order valence-electron chi connectivity index (χ1n) is 9.14. The van der Waals surface area contributed by atoms with E-state index < -0.39 is 22.5 Å². The van der Waals surface area contributed by atoms with Gasteiger partial charge in [0.15, 0.2) is 0 Å². The van der Waals surface area contributed by atoms with E-state index in [2.05, 4.69) is 14.8 Å². The van der Waals surface area contributed by atoms with E-state index in [0.717, 1.165) is 5.56 Å². The number of ether oxygens (including phenoxy) is 2. The predicted octanol–water partition coefficient (Wildman–Crippen LogP) is 2.49. The second-order valence-corrected chi connectivity index (χ2v) is 8.16. The highest BCUT2D eigenvalue weighted by atomic mass is 32.2. The number of hydrogen-bond donors (Lipinski definition) is 2. The summed E-state index contributed by atoms with van der Waals surface area (Å²) < 4.78 is 60.5. The van der Waals surface area contributed by atoms with Crippen molar-refractivity contribution >= 4 is 15.9 Å². The van der Waals surface area contributed by atoms with E-state index in [9.17, 15) is 22.0 Å². The van der Waals surface area contributed by atoms with E-state index in [1.165, 1.54) is 31.4 Å². The van der Waals surface area contributed by atoms with Crippen LogP contribution in [0, 0.1) is 6.92 Å². The van der Waals surface area contributed by atoms with Crippen molar-refractivity contribution in [1.29, 1.82) is 0 Å². The quantitative estimate of drug-likeness (QED) is 0.522. The maximum atomic E-state index is 12.5. The zero-order valence-electron chi connectivity index (χ0n) is 16.7. The fourth-order valence-electron chi connectivity index (χ4n) is 2.63. The van der Waals surface area contributed by atoms with Crippen LogP contribution in [0.25, 0.3) is 0 Å². The number of carbonyl (C=O) groups is 1. The molecule has 0 atom stereocenters. The fraction of sp³-hybridized carbons (Fsp3) is 0.350. The highest BCUT2D eigenvalue weighted by Gasteiger charge is 2.17. The van der Waals surface area contributed by atoms with Gasteiger partial charge in [-0.3, -0.25) is 4.79 Å². The summed E-state index contributed by atoms with van der Waals surface area (Å²) in [4.78, 5) is 12.5. The third-order valence-corrected chi connectivity index (χ3v) is 5.67. The molecule has 0 aromatic heterocycles. The second kappa shape index (κ2) is 11.0. The summed E-state index contributed by atoms with van der Waals surface area (Å²) in [5, 5.41) is 2.74. The molecule has 10 heteroatoms. The minimum atomic E-state index is -3.76. The molecule has 0 radical (unpaired) electrons. The molecule has 0 bridgehead atoms. The van der Waals surface area contributed by atoms with Crippen molar-refractivity contribution in [2.45, 2.75) is 24.9 Å². The Morgan fingerprint density at radius 3 is 2.43 bits per heavy atom. The summed E-state index contributed by atoms with van der Waals surface area (Å²) in [5.41, 5.74) is 1.72. The lowest BCUT2D eigenvalue weighted by Crippen LogP contribution is -2.29. The van der Waals surface area contributed by atoms with Crippen LogP contribution < -0.4 is 14.8 Å². The molecule has 164 valence electrons. The number of carbonyl (C=O) groups excluding carboxylic acids is 1. The zero-order chi connectivity index (χ0) is 22.1. The lowest BCUT2D eigenvalue weighted by molar-refractivity contribution is -0.0498. The zero-order valence-corrected chi connectivity index (χ0v) is 17.5. The number of rotatable bonds is 11. The van der Waals surface area contributed by atoms with Crippen molar-refractivity contribution in [2.75, 3.05) is 26.8 Å². The van der Waals surface area contributed by atoms with Crippen molar-refractivity contribution in [1.82, 2.24) is 10.0 Å². The molecule has 0 aliphatic heterocycles. The number of benzene rings is 2. The van der Waals surface area contributed by atoms with Crippen LogP contribution in [0.5, 0.6) is 5.75 Å². The van der Waals surface area contributed by atoms with Crippen molar-refractivity contribution < 1.29 is 31.5 Å². The maximum Gasteiger partial charge on any atom is 0.387 e. The smallest absolute Gasteiger partial charge is 0.387 e. The first-order chi connectivity index (χ1) is 14.2. The first-order valence-corrected chi connectivity index (χ1v) is 10.6. The van der Waals surface area contributed by atoms with Gasteiger partial charge < -0.3 is 14.8 Å². The van der Waals surface area contributed by atoms with Gasteiger partial charge in [-0.1, -0.05) is 18.2 Å². The number of aryl methyl sites for hydroxylation is 1. The highest BCUT2D eigenvalue weighted by Crippen LogP contribution is 2.17. The molecule has 2 N–H and O–H groups in total. The lowest BCUT2D eigenvalue weighted by atomic mass is 10.1. The molecule has 1 amide bonds. The number of nitrogens with one attached hydrogen (secondary N) is 2. The molecule has 0 heterocycles. The summed E-state index contributed by atoms with van der Waals surface area (Å²) in [5.74, 6) is -0.343. The highest BCUT2D eigenvalue weighted by molar-refractivity contribution is 7.89. The molecule has 0 aliphatic carbocycles. The molecule has 0 spiro atoms. The summed E-state index contributed by atoms with van der Waals surface area (Å²) in [6.45, 7) is -0.529. The largest absolute Gasteiger partial charge is 0.435 e. The van der Waals surface area contributed by atoms with Crippen LogP contribution in [0.4, 0.5) is 8.78 Å². The van der Waals surface area contributed by atoms with Gasteiger partial charge in [0.25, 0.3) is 5.91 Å². The molecule has 0 saturated heterocycles. The second-order valence-electron chi connectivity index (χ2n) is 6.40. The summed E-state index contributed by atoms with van der Waals surface area (Å²) in [7, 11) is -2.29. The molecule has 0 fully saturated rings. The van der Waals surface area contributed by atoms with Gasteiger partial charge in [-0.25, -0.2) is 13.1 Å². The molecule has 7 nitrogen and oxygen atoms in total. The molecule has 0 aliphatic rings. The van der Waals surface area contributed by atoms with Gasteiger partial charge in [0, 0.05) is 25.8 Å². The van der Waals surface area contributed by atoms with Crippen molar-refractivity contribution in [2.24, 2.45) is 0 Å². The van der Waals surface area contributed by atoms with Crippen LogP contribution in [-0.4, -0.2) is 47.7 Å². The Morgan fingerprint density at radius 1 is 1.10 bits per heavy atom. The summed E-state index contributed by atoms with van der Waals surface area (Å²) >= 11 is 0. The van der Waals surface area contributed by atoms with Gasteiger partial charge in [-0.15, -0.1) is 0 Å². The Hall–Kier alpha value is -2.56. The number of alkyl halides is 2. The average molecular weight is 442 g/mol. The third-order valence-electron chi connectivity index (χ3n) is 4.21. The van der Waals surface area contributed by atoms with Gasteiger partial charge in [0.1, 0.15) is 5.75 Å². The molecule has 2 aromatic carbocycles. The summed E-state index contributed by atoms with van der Waals surface area (Å²) in [6, 6.07) is 10.5. The van der Waals surface area contributed by atoms with Gasteiger partial charge >= 0.3 is 6.61 Å². The molecular weight excluding hydrogens is 418 g/mol. The van der Waals surface area contributed by atoms with E-state index in [1.807, 2.05) is 0 Å². The molecular formula is C20H24F2N2O5S. The van der Waals surface area contributed by atoms with Crippen LogP contribution in [0.2, 0.25) is 0 Å². The van der Waals surface area contributed by atoms with Crippen LogP contribution in [0.1, 0.15) is 21.5 Å². The normalized spacial score (nSPS) is 11.5. The number of hydrogen-bond acceptors (Lipinski definition) is 5. The van der Waals surface area contributed by atoms with Crippen LogP contribution in [0.15, 0.2) is 47.4 Å². The standard InChI is InChI=1S/C20H24F2N2O5S/c1-14-3-8-17(30(26,27)24-11-12-28-2)13-18(14)19(25)23-10-9-15-4-6-16(7-5-15)29-20(21)22/h3-8,13,20,24H,9-12H2,1-2H3,(H,23,25). The Morgan fingerprint density at radius 2 is 1.80 bits per heavy atom. The molecule has 2 aromatic rings. The lowest BCUT2D eigenvalue weighted by Gasteiger charge is -2.11. The van der Waals surface area contributed by atoms with Crippen LogP contribution >= 0.6 is 0 Å². The van der Waals surface area contributed by atoms with Crippen LogP contribution in [-0.2, 0) is 21.2 Å². The Balaban J connectivity index is 1.98. The van der Waals surface area contributed by atoms with Gasteiger partial charge in [0.05, 0.1) is 11.5 Å². The fourth-order valence-corrected chi connectivity index (χ4v) is 3.67. The van der Waals surface area contributed by atoms with Crippen LogP contribution in [0.3, 0.4) is 0 Å². The SMILES string of the molecule is COCCNS(=O)(=O)c1ccc(C)c(C(=O)NCCc2ccc(OC(F)F)cc2)c1.